The summed E-state index contributed by atoms with van der Waals surface area (Å²) < 4.78 is 3.99. The van der Waals surface area contributed by atoms with Crippen LogP contribution in [0.5, 0.6) is 0 Å². The van der Waals surface area contributed by atoms with Crippen LogP contribution in [0.15, 0.2) is 59.6 Å². The molecular formula is C18H16N6OS2. The van der Waals surface area contributed by atoms with Crippen molar-refractivity contribution in [2.24, 2.45) is 0 Å². The number of nitrogens with one attached hydrogen (secondary N) is 1. The highest BCUT2D eigenvalue weighted by molar-refractivity contribution is 8.01. The summed E-state index contributed by atoms with van der Waals surface area (Å²) in [5.41, 5.74) is 1.68. The lowest BCUT2D eigenvalue weighted by Crippen LogP contribution is -2.28. The number of thioether (sulfide) groups is 1. The number of amides is 1. The van der Waals surface area contributed by atoms with Crippen molar-refractivity contribution >= 4 is 39.2 Å². The quantitative estimate of drug-likeness (QED) is 0.484. The Bertz CT molecular complexity index is 1010. The molecule has 0 aliphatic carbocycles. The Balaban J connectivity index is 1.27. The summed E-state index contributed by atoms with van der Waals surface area (Å²) in [4.78, 5) is 29.3. The van der Waals surface area contributed by atoms with Crippen molar-refractivity contribution in [1.29, 1.82) is 0 Å². The lowest BCUT2D eigenvalue weighted by atomic mass is 10.3. The van der Waals surface area contributed by atoms with Crippen LogP contribution >= 0.6 is 23.1 Å². The summed E-state index contributed by atoms with van der Waals surface area (Å²) in [5.74, 6) is 1.07. The number of hydrogen-bond donors (Lipinski definition) is 1. The fourth-order valence-corrected chi connectivity index (χ4v) is 4.44. The second-order valence-corrected chi connectivity index (χ2v) is 7.87. The minimum absolute atomic E-state index is 0.0135. The van der Waals surface area contributed by atoms with Gasteiger partial charge in [-0.05, 0) is 12.1 Å². The van der Waals surface area contributed by atoms with Gasteiger partial charge in [0, 0.05) is 37.9 Å². The predicted octanol–water partition coefficient (Wildman–Crippen LogP) is 2.86. The largest absolute Gasteiger partial charge is 0.354 e. The molecule has 4 rings (SSSR count). The second kappa shape index (κ2) is 8.28. The lowest BCUT2D eigenvalue weighted by molar-refractivity contribution is -0.118. The highest BCUT2D eigenvalue weighted by Gasteiger charge is 2.09. The van der Waals surface area contributed by atoms with Gasteiger partial charge in [-0.3, -0.25) is 9.78 Å². The van der Waals surface area contributed by atoms with Gasteiger partial charge in [-0.25, -0.2) is 15.0 Å². The van der Waals surface area contributed by atoms with Crippen molar-refractivity contribution < 1.29 is 4.79 Å². The number of thiazole rings is 1. The SMILES string of the molecule is O=C(CSc1nc2ccccc2s1)NCCn1ccnc1-c1cnccn1. The van der Waals surface area contributed by atoms with E-state index in [0.29, 0.717) is 24.5 Å². The van der Waals surface area contributed by atoms with Gasteiger partial charge in [-0.15, -0.1) is 11.3 Å². The van der Waals surface area contributed by atoms with Gasteiger partial charge in [0.15, 0.2) is 10.2 Å². The van der Waals surface area contributed by atoms with Crippen LogP contribution in [0.1, 0.15) is 0 Å². The van der Waals surface area contributed by atoms with Gasteiger partial charge in [0.2, 0.25) is 5.91 Å². The standard InChI is InChI=1S/C18H16N6OS2/c25-16(12-26-18-23-13-3-1-2-4-15(13)27-18)21-7-9-24-10-8-22-17(24)14-11-19-5-6-20-14/h1-6,8,10-11H,7,9,12H2,(H,21,25). The first kappa shape index (κ1) is 17.6. The molecule has 0 radical (unpaired) electrons. The first-order chi connectivity index (χ1) is 13.3. The van der Waals surface area contributed by atoms with Crippen LogP contribution in [0, 0.1) is 0 Å². The summed E-state index contributed by atoms with van der Waals surface area (Å²) in [6.07, 6.45) is 8.52. The molecule has 0 unspecified atom stereocenters. The maximum atomic E-state index is 12.1. The molecule has 1 N–H and O–H groups in total. The van der Waals surface area contributed by atoms with Gasteiger partial charge < -0.3 is 9.88 Å². The van der Waals surface area contributed by atoms with Gasteiger partial charge in [0.05, 0.1) is 22.2 Å². The smallest absolute Gasteiger partial charge is 0.230 e. The second-order valence-electron chi connectivity index (χ2n) is 5.62. The Kier molecular flexibility index (Phi) is 5.40. The van der Waals surface area contributed by atoms with E-state index in [0.717, 1.165) is 20.4 Å². The van der Waals surface area contributed by atoms with E-state index < -0.39 is 0 Å². The Morgan fingerprint density at radius 1 is 1.19 bits per heavy atom. The highest BCUT2D eigenvalue weighted by Crippen LogP contribution is 2.28. The summed E-state index contributed by atoms with van der Waals surface area (Å²) >= 11 is 3.07. The molecule has 0 bridgehead atoms. The summed E-state index contributed by atoms with van der Waals surface area (Å²) in [7, 11) is 0. The average Bonchev–Trinajstić information content (AvgIpc) is 3.33. The van der Waals surface area contributed by atoms with Gasteiger partial charge in [-0.1, -0.05) is 23.9 Å². The van der Waals surface area contributed by atoms with E-state index in [-0.39, 0.29) is 5.91 Å². The minimum atomic E-state index is -0.0135. The van der Waals surface area contributed by atoms with Crippen LogP contribution < -0.4 is 5.32 Å². The number of carbonyl (C=O) groups excluding carboxylic acids is 1. The molecule has 0 aliphatic heterocycles. The number of hydrogen-bond acceptors (Lipinski definition) is 7. The van der Waals surface area contributed by atoms with Crippen molar-refractivity contribution in [1.82, 2.24) is 29.8 Å². The molecule has 0 saturated heterocycles. The minimum Gasteiger partial charge on any atom is -0.354 e. The van der Waals surface area contributed by atoms with Gasteiger partial charge in [-0.2, -0.15) is 0 Å². The fraction of sp³-hybridized carbons (Fsp3) is 0.167. The van der Waals surface area contributed by atoms with Crippen LogP contribution in [0.3, 0.4) is 0 Å². The Labute approximate surface area is 163 Å². The number of fused-ring (bicyclic) bond motifs is 1. The number of aromatic nitrogens is 5. The molecule has 3 aromatic heterocycles. The van der Waals surface area contributed by atoms with E-state index >= 15 is 0 Å². The molecule has 0 saturated carbocycles. The van der Waals surface area contributed by atoms with E-state index in [2.05, 4.69) is 25.3 Å². The van der Waals surface area contributed by atoms with E-state index in [9.17, 15) is 4.79 Å². The molecule has 0 spiro atoms. The van der Waals surface area contributed by atoms with Crippen molar-refractivity contribution in [2.45, 2.75) is 10.9 Å². The lowest BCUT2D eigenvalue weighted by Gasteiger charge is -2.08. The van der Waals surface area contributed by atoms with E-state index in [1.54, 1.807) is 36.1 Å². The highest BCUT2D eigenvalue weighted by atomic mass is 32.2. The zero-order chi connectivity index (χ0) is 18.5. The third kappa shape index (κ3) is 4.32. The third-order valence-corrected chi connectivity index (χ3v) is 5.96. The van der Waals surface area contributed by atoms with E-state index in [4.69, 9.17) is 0 Å². The molecule has 0 aliphatic rings. The van der Waals surface area contributed by atoms with E-state index in [1.165, 1.54) is 11.8 Å². The van der Waals surface area contributed by atoms with Crippen LogP contribution in [0.2, 0.25) is 0 Å². The number of carbonyl (C=O) groups is 1. The maximum absolute atomic E-state index is 12.1. The molecule has 1 amide bonds. The first-order valence-electron chi connectivity index (χ1n) is 8.32. The van der Waals surface area contributed by atoms with Crippen molar-refractivity contribution in [2.75, 3.05) is 12.3 Å². The average molecular weight is 397 g/mol. The molecule has 9 heteroatoms. The van der Waals surface area contributed by atoms with Crippen molar-refractivity contribution in [3.63, 3.8) is 0 Å². The Morgan fingerprint density at radius 3 is 2.96 bits per heavy atom. The van der Waals surface area contributed by atoms with Gasteiger partial charge in [0.1, 0.15) is 5.69 Å². The molecular weight excluding hydrogens is 380 g/mol. The maximum Gasteiger partial charge on any atom is 0.230 e. The number of benzene rings is 1. The normalized spacial score (nSPS) is 11.0. The third-order valence-electron chi connectivity index (χ3n) is 3.78. The first-order valence-corrected chi connectivity index (χ1v) is 10.1. The Morgan fingerprint density at radius 2 is 2.11 bits per heavy atom. The predicted molar refractivity (Wildman–Crippen MR) is 107 cm³/mol. The summed E-state index contributed by atoms with van der Waals surface area (Å²) in [6.45, 7) is 1.13. The molecule has 1 aromatic carbocycles. The Hall–Kier alpha value is -2.78. The summed E-state index contributed by atoms with van der Waals surface area (Å²) in [6, 6.07) is 7.98. The molecule has 0 atom stereocenters. The topological polar surface area (TPSA) is 85.6 Å². The zero-order valence-corrected chi connectivity index (χ0v) is 15.9. The fourth-order valence-electron chi connectivity index (χ4n) is 2.54. The number of imidazole rings is 1. The molecule has 4 aromatic rings. The zero-order valence-electron chi connectivity index (χ0n) is 14.3. The van der Waals surface area contributed by atoms with Crippen LogP contribution in [0.4, 0.5) is 0 Å². The molecule has 27 heavy (non-hydrogen) atoms. The van der Waals surface area contributed by atoms with Crippen LogP contribution in [-0.4, -0.2) is 42.7 Å². The number of para-hydroxylation sites is 1. The number of rotatable bonds is 7. The molecule has 7 nitrogen and oxygen atoms in total. The molecule has 136 valence electrons. The van der Waals surface area contributed by atoms with Crippen LogP contribution in [0.25, 0.3) is 21.7 Å². The van der Waals surface area contributed by atoms with Crippen molar-refractivity contribution in [3.8, 4) is 11.5 Å². The van der Waals surface area contributed by atoms with E-state index in [1.807, 2.05) is 35.0 Å². The van der Waals surface area contributed by atoms with Gasteiger partial charge >= 0.3 is 0 Å². The van der Waals surface area contributed by atoms with Crippen molar-refractivity contribution in [3.05, 3.63) is 55.2 Å². The van der Waals surface area contributed by atoms with Gasteiger partial charge in [0.25, 0.3) is 0 Å². The molecule has 3 heterocycles. The van der Waals surface area contributed by atoms with Crippen LogP contribution in [-0.2, 0) is 11.3 Å². The monoisotopic (exact) mass is 396 g/mol. The number of nitrogens with zero attached hydrogens (tertiary/aromatic N) is 5. The molecule has 0 fully saturated rings. The summed E-state index contributed by atoms with van der Waals surface area (Å²) in [5, 5.41) is 2.94.